The smallest absolute Gasteiger partial charge is 0.331 e. The normalized spacial score (nSPS) is 16.6. The highest BCUT2D eigenvalue weighted by atomic mass is 16.5. The first-order valence-electron chi connectivity index (χ1n) is 7.16. The molecule has 2 nitrogen and oxygen atoms in total. The van der Waals surface area contributed by atoms with E-state index in [9.17, 15) is 4.79 Å². The molecule has 1 aliphatic carbocycles. The van der Waals surface area contributed by atoms with Gasteiger partial charge in [0.2, 0.25) is 0 Å². The number of esters is 1. The Hall–Kier alpha value is -1.57. The van der Waals surface area contributed by atoms with Gasteiger partial charge in [0.15, 0.2) is 0 Å². The molecule has 1 saturated carbocycles. The molecule has 0 aliphatic heterocycles. The molecule has 0 N–H and O–H groups in total. The summed E-state index contributed by atoms with van der Waals surface area (Å²) in [5.41, 5.74) is 3.48. The van der Waals surface area contributed by atoms with Gasteiger partial charge in [0.05, 0.1) is 6.61 Å². The van der Waals surface area contributed by atoms with Crippen LogP contribution in [0.3, 0.4) is 0 Å². The number of ether oxygens (including phenoxy) is 1. The van der Waals surface area contributed by atoms with Crippen LogP contribution < -0.4 is 0 Å². The van der Waals surface area contributed by atoms with Crippen LogP contribution in [0.15, 0.2) is 30.3 Å². The molecule has 1 aromatic carbocycles. The summed E-state index contributed by atoms with van der Waals surface area (Å²) in [5, 5.41) is 0. The van der Waals surface area contributed by atoms with Gasteiger partial charge in [0, 0.05) is 6.08 Å². The summed E-state index contributed by atoms with van der Waals surface area (Å²) < 4.78 is 4.92. The lowest BCUT2D eigenvalue weighted by Gasteiger charge is -2.10. The average Bonchev–Trinajstić information content (AvgIpc) is 2.93. The molecular formula is C17H22O2. The number of hydrogen-bond acceptors (Lipinski definition) is 2. The Morgan fingerprint density at radius 3 is 2.47 bits per heavy atom. The maximum Gasteiger partial charge on any atom is 0.331 e. The zero-order valence-electron chi connectivity index (χ0n) is 11.8. The van der Waals surface area contributed by atoms with Crippen molar-refractivity contribution in [2.75, 3.05) is 6.61 Å². The Kier molecular flexibility index (Phi) is 4.78. The highest BCUT2D eigenvalue weighted by Crippen LogP contribution is 2.34. The lowest BCUT2D eigenvalue weighted by Crippen LogP contribution is -2.00. The summed E-state index contributed by atoms with van der Waals surface area (Å²) in [4.78, 5) is 11.4. The number of allylic oxidation sites excluding steroid dienone is 1. The summed E-state index contributed by atoms with van der Waals surface area (Å²) in [6, 6.07) is 8.62. The predicted octanol–water partition coefficient (Wildman–Crippen LogP) is 4.31. The first kappa shape index (κ1) is 13.9. The number of rotatable bonds is 4. The number of benzene rings is 1. The van der Waals surface area contributed by atoms with Crippen LogP contribution in [-0.2, 0) is 9.53 Å². The van der Waals surface area contributed by atoms with Crippen LogP contribution in [0.25, 0.3) is 5.57 Å². The minimum Gasteiger partial charge on any atom is -0.463 e. The van der Waals surface area contributed by atoms with Crippen LogP contribution >= 0.6 is 0 Å². The Morgan fingerprint density at radius 1 is 1.26 bits per heavy atom. The van der Waals surface area contributed by atoms with Crippen molar-refractivity contribution >= 4 is 11.5 Å². The Morgan fingerprint density at radius 2 is 1.89 bits per heavy atom. The zero-order chi connectivity index (χ0) is 13.7. The van der Waals surface area contributed by atoms with E-state index < -0.39 is 0 Å². The molecule has 0 bridgehead atoms. The second-order valence-corrected chi connectivity index (χ2v) is 5.18. The summed E-state index contributed by atoms with van der Waals surface area (Å²) in [7, 11) is 0. The molecule has 0 spiro atoms. The summed E-state index contributed by atoms with van der Waals surface area (Å²) in [5.74, 6) is 0.475. The second-order valence-electron chi connectivity index (χ2n) is 5.18. The molecule has 0 aromatic heterocycles. The van der Waals surface area contributed by atoms with Gasteiger partial charge in [-0.3, -0.25) is 0 Å². The molecule has 19 heavy (non-hydrogen) atoms. The summed E-state index contributed by atoms with van der Waals surface area (Å²) in [6.07, 6.45) is 6.91. The van der Waals surface area contributed by atoms with Crippen molar-refractivity contribution in [3.05, 3.63) is 41.5 Å². The molecule has 1 aromatic rings. The van der Waals surface area contributed by atoms with Crippen LogP contribution in [0.2, 0.25) is 0 Å². The molecule has 0 unspecified atom stereocenters. The molecule has 0 saturated heterocycles. The third-order valence-corrected chi connectivity index (χ3v) is 3.81. The average molecular weight is 258 g/mol. The number of carbonyl (C=O) groups is 1. The van der Waals surface area contributed by atoms with Crippen LogP contribution in [0.5, 0.6) is 0 Å². The summed E-state index contributed by atoms with van der Waals surface area (Å²) >= 11 is 0. The predicted molar refractivity (Wildman–Crippen MR) is 77.9 cm³/mol. The monoisotopic (exact) mass is 258 g/mol. The van der Waals surface area contributed by atoms with E-state index in [0.717, 1.165) is 17.1 Å². The highest BCUT2D eigenvalue weighted by molar-refractivity contribution is 5.90. The van der Waals surface area contributed by atoms with Gasteiger partial charge in [-0.1, -0.05) is 37.1 Å². The third-order valence-electron chi connectivity index (χ3n) is 3.81. The van der Waals surface area contributed by atoms with Crippen molar-refractivity contribution in [3.8, 4) is 0 Å². The first-order valence-corrected chi connectivity index (χ1v) is 7.16. The number of hydrogen-bond donors (Lipinski definition) is 0. The molecule has 1 aliphatic rings. The first-order chi connectivity index (χ1) is 9.20. The van der Waals surface area contributed by atoms with Crippen LogP contribution in [0.4, 0.5) is 0 Å². The van der Waals surface area contributed by atoms with E-state index in [1.165, 1.54) is 31.2 Å². The highest BCUT2D eigenvalue weighted by Gasteiger charge is 2.16. The molecule has 2 rings (SSSR count). The van der Waals surface area contributed by atoms with E-state index in [2.05, 4.69) is 24.3 Å². The number of carbonyl (C=O) groups excluding carboxylic acids is 1. The summed E-state index contributed by atoms with van der Waals surface area (Å²) in [6.45, 7) is 4.18. The van der Waals surface area contributed by atoms with Crippen molar-refractivity contribution < 1.29 is 9.53 Å². The van der Waals surface area contributed by atoms with Crippen molar-refractivity contribution in [1.82, 2.24) is 0 Å². The fourth-order valence-corrected chi connectivity index (χ4v) is 2.72. The Balaban J connectivity index is 2.07. The van der Waals surface area contributed by atoms with E-state index in [-0.39, 0.29) is 5.97 Å². The van der Waals surface area contributed by atoms with Gasteiger partial charge >= 0.3 is 5.97 Å². The molecule has 102 valence electrons. The van der Waals surface area contributed by atoms with E-state index in [0.29, 0.717) is 6.61 Å². The fourth-order valence-electron chi connectivity index (χ4n) is 2.72. The van der Waals surface area contributed by atoms with E-state index >= 15 is 0 Å². The topological polar surface area (TPSA) is 26.3 Å². The molecule has 0 atom stereocenters. The minimum atomic E-state index is -0.264. The van der Waals surface area contributed by atoms with Gasteiger partial charge in [-0.25, -0.2) is 4.79 Å². The molecular weight excluding hydrogens is 236 g/mol. The zero-order valence-corrected chi connectivity index (χ0v) is 11.8. The molecule has 0 radical (unpaired) electrons. The standard InChI is InChI=1S/C17H22O2/c1-3-19-17(18)12-13(2)14-8-10-16(11-9-14)15-6-4-5-7-15/h8-12,15H,3-7H2,1-2H3/b13-12-. The van der Waals surface area contributed by atoms with E-state index in [1.807, 2.05) is 13.8 Å². The molecule has 0 heterocycles. The largest absolute Gasteiger partial charge is 0.463 e. The van der Waals surface area contributed by atoms with E-state index in [1.54, 1.807) is 6.08 Å². The lowest BCUT2D eigenvalue weighted by molar-refractivity contribution is -0.137. The SMILES string of the molecule is CCOC(=O)/C=C(/C)c1ccc(C2CCCC2)cc1. The third kappa shape index (κ3) is 3.69. The lowest BCUT2D eigenvalue weighted by atomic mass is 9.95. The Bertz CT molecular complexity index is 451. The molecule has 1 fully saturated rings. The van der Waals surface area contributed by atoms with Gasteiger partial charge in [-0.05, 0) is 49.3 Å². The fraction of sp³-hybridized carbons (Fsp3) is 0.471. The van der Waals surface area contributed by atoms with Crippen LogP contribution in [0, 0.1) is 0 Å². The van der Waals surface area contributed by atoms with Gasteiger partial charge in [-0.15, -0.1) is 0 Å². The maximum absolute atomic E-state index is 11.4. The van der Waals surface area contributed by atoms with Crippen molar-refractivity contribution in [3.63, 3.8) is 0 Å². The van der Waals surface area contributed by atoms with Crippen LogP contribution in [-0.4, -0.2) is 12.6 Å². The van der Waals surface area contributed by atoms with E-state index in [4.69, 9.17) is 4.74 Å². The molecule has 2 heteroatoms. The van der Waals surface area contributed by atoms with Gasteiger partial charge in [0.25, 0.3) is 0 Å². The van der Waals surface area contributed by atoms with Gasteiger partial charge < -0.3 is 4.74 Å². The van der Waals surface area contributed by atoms with Crippen molar-refractivity contribution in [2.24, 2.45) is 0 Å². The Labute approximate surface area is 115 Å². The minimum absolute atomic E-state index is 0.264. The van der Waals surface area contributed by atoms with Gasteiger partial charge in [0.1, 0.15) is 0 Å². The quantitative estimate of drug-likeness (QED) is 0.594. The second kappa shape index (κ2) is 6.55. The van der Waals surface area contributed by atoms with Gasteiger partial charge in [-0.2, -0.15) is 0 Å². The van der Waals surface area contributed by atoms with Crippen molar-refractivity contribution in [1.29, 1.82) is 0 Å². The van der Waals surface area contributed by atoms with Crippen molar-refractivity contribution in [2.45, 2.75) is 45.4 Å². The van der Waals surface area contributed by atoms with Crippen LogP contribution in [0.1, 0.15) is 56.6 Å². The molecule has 0 amide bonds. The maximum atomic E-state index is 11.4.